The molecule has 0 N–H and O–H groups in total. The molecule has 0 radical (unpaired) electrons. The zero-order chi connectivity index (χ0) is 16.7. The van der Waals surface area contributed by atoms with Crippen LogP contribution in [0.3, 0.4) is 0 Å². The zero-order valence-electron chi connectivity index (χ0n) is 14.2. The molecule has 1 amide bonds. The lowest BCUT2D eigenvalue weighted by Gasteiger charge is -2.38. The zero-order valence-corrected chi connectivity index (χ0v) is 14.2. The molecule has 24 heavy (non-hydrogen) atoms. The summed E-state index contributed by atoms with van der Waals surface area (Å²) in [4.78, 5) is 15.0. The highest BCUT2D eigenvalue weighted by molar-refractivity contribution is 5.93. The third-order valence-corrected chi connectivity index (χ3v) is 5.16. The van der Waals surface area contributed by atoms with Crippen LogP contribution in [-0.4, -0.2) is 28.3 Å². The van der Waals surface area contributed by atoms with E-state index >= 15 is 0 Å². The number of benzene rings is 1. The predicted molar refractivity (Wildman–Crippen MR) is 92.0 cm³/mol. The van der Waals surface area contributed by atoms with Gasteiger partial charge in [0.15, 0.2) is 0 Å². The van der Waals surface area contributed by atoms with E-state index in [1.807, 2.05) is 21.7 Å². The molecule has 5 heteroatoms. The molecule has 126 valence electrons. The summed E-state index contributed by atoms with van der Waals surface area (Å²) in [6.07, 6.45) is 3.84. The third kappa shape index (κ3) is 2.53. The van der Waals surface area contributed by atoms with Crippen molar-refractivity contribution in [2.45, 2.75) is 51.3 Å². The van der Waals surface area contributed by atoms with Crippen LogP contribution in [0.25, 0.3) is 0 Å². The Bertz CT molecular complexity index is 755. The number of fused-ring (bicyclic) bond motifs is 2. The van der Waals surface area contributed by atoms with Crippen molar-refractivity contribution in [3.8, 4) is 0 Å². The van der Waals surface area contributed by atoms with E-state index in [-0.39, 0.29) is 18.1 Å². The van der Waals surface area contributed by atoms with Gasteiger partial charge in [-0.25, -0.2) is 4.68 Å². The Morgan fingerprint density at radius 2 is 2.08 bits per heavy atom. The van der Waals surface area contributed by atoms with Gasteiger partial charge >= 0.3 is 0 Å². The van der Waals surface area contributed by atoms with E-state index in [4.69, 9.17) is 4.74 Å². The number of aromatic nitrogens is 2. The van der Waals surface area contributed by atoms with Gasteiger partial charge in [0, 0.05) is 12.1 Å². The van der Waals surface area contributed by atoms with Crippen molar-refractivity contribution in [2.24, 2.45) is 0 Å². The monoisotopic (exact) mass is 325 g/mol. The number of carbonyl (C=O) groups is 1. The molecule has 3 atom stereocenters. The summed E-state index contributed by atoms with van der Waals surface area (Å²) in [6.45, 7) is 4.94. The minimum atomic E-state index is -0.148. The Labute approximate surface area is 142 Å². The number of hydrogen-bond donors (Lipinski definition) is 0. The molecular weight excluding hydrogens is 302 g/mol. The largest absolute Gasteiger partial charge is 0.373 e. The van der Waals surface area contributed by atoms with E-state index in [2.05, 4.69) is 37.1 Å². The Hall–Kier alpha value is -2.14. The second kappa shape index (κ2) is 6.06. The Morgan fingerprint density at radius 3 is 2.96 bits per heavy atom. The van der Waals surface area contributed by atoms with Gasteiger partial charge in [-0.2, -0.15) is 5.10 Å². The molecule has 0 saturated heterocycles. The maximum atomic E-state index is 13.1. The number of ether oxygens (including phenoxy) is 1. The fourth-order valence-electron chi connectivity index (χ4n) is 4.04. The van der Waals surface area contributed by atoms with Crippen LogP contribution >= 0.6 is 0 Å². The van der Waals surface area contributed by atoms with Crippen LogP contribution in [0.1, 0.15) is 50.0 Å². The lowest BCUT2D eigenvalue weighted by molar-refractivity contribution is -0.122. The van der Waals surface area contributed by atoms with Gasteiger partial charge in [-0.1, -0.05) is 24.3 Å². The molecular formula is C19H23N3O2. The predicted octanol–water partition coefficient (Wildman–Crippen LogP) is 3.27. The topological polar surface area (TPSA) is 47.4 Å². The summed E-state index contributed by atoms with van der Waals surface area (Å²) in [5.74, 6) is 1.01. The van der Waals surface area contributed by atoms with Crippen molar-refractivity contribution in [1.29, 1.82) is 0 Å². The first-order valence-electron chi connectivity index (χ1n) is 8.70. The van der Waals surface area contributed by atoms with Gasteiger partial charge in [0.25, 0.3) is 0 Å². The molecule has 1 aromatic heterocycles. The molecule has 0 fully saturated rings. The number of amides is 1. The normalized spacial score (nSPS) is 25.9. The first kappa shape index (κ1) is 15.4. The van der Waals surface area contributed by atoms with Crippen molar-refractivity contribution in [1.82, 2.24) is 9.78 Å². The molecule has 2 aliphatic heterocycles. The average molecular weight is 325 g/mol. The Balaban J connectivity index is 1.59. The number of carbonyl (C=O) groups excluding carboxylic acids is 1. The molecule has 0 spiro atoms. The molecule has 0 saturated carbocycles. The van der Waals surface area contributed by atoms with Crippen molar-refractivity contribution < 1.29 is 9.53 Å². The third-order valence-electron chi connectivity index (χ3n) is 5.16. The lowest BCUT2D eigenvalue weighted by Crippen LogP contribution is -2.45. The van der Waals surface area contributed by atoms with Gasteiger partial charge in [-0.3, -0.25) is 9.69 Å². The molecule has 4 rings (SSSR count). The SMILES string of the molecule is C[C@@H]1C[C@H](C)n2nccc2N1C(=O)C[C@@H]1OCCc2ccccc21. The van der Waals surface area contributed by atoms with Crippen molar-refractivity contribution in [3.05, 3.63) is 47.7 Å². The molecule has 0 bridgehead atoms. The molecule has 3 heterocycles. The summed E-state index contributed by atoms with van der Waals surface area (Å²) in [7, 11) is 0. The van der Waals surface area contributed by atoms with Gasteiger partial charge in [-0.05, 0) is 37.8 Å². The van der Waals surface area contributed by atoms with Gasteiger partial charge in [0.2, 0.25) is 5.91 Å². The lowest BCUT2D eigenvalue weighted by atomic mass is 9.95. The average Bonchev–Trinajstić information content (AvgIpc) is 3.05. The number of anilines is 1. The first-order chi connectivity index (χ1) is 11.6. The first-order valence-corrected chi connectivity index (χ1v) is 8.70. The van der Waals surface area contributed by atoms with Crippen molar-refractivity contribution in [3.63, 3.8) is 0 Å². The standard InChI is InChI=1S/C19H23N3O2/c1-13-11-14(2)22-18(7-9-20-22)21(13)19(23)12-17-16-6-4-3-5-15(16)8-10-24-17/h3-7,9,13-14,17H,8,10-12H2,1-2H3/t13-,14+,17+/m1/s1. The van der Waals surface area contributed by atoms with Crippen LogP contribution in [0.4, 0.5) is 5.82 Å². The highest BCUT2D eigenvalue weighted by Crippen LogP contribution is 2.35. The highest BCUT2D eigenvalue weighted by atomic mass is 16.5. The van der Waals surface area contributed by atoms with Gasteiger partial charge in [0.05, 0.1) is 31.4 Å². The molecule has 2 aliphatic rings. The summed E-state index contributed by atoms with van der Waals surface area (Å²) in [5, 5.41) is 4.38. The minimum Gasteiger partial charge on any atom is -0.373 e. The van der Waals surface area contributed by atoms with Gasteiger partial charge in [0.1, 0.15) is 5.82 Å². The second-order valence-electron chi connectivity index (χ2n) is 6.84. The smallest absolute Gasteiger partial charge is 0.231 e. The summed E-state index contributed by atoms with van der Waals surface area (Å²) in [5.41, 5.74) is 2.45. The van der Waals surface area contributed by atoms with Crippen LogP contribution in [0, 0.1) is 0 Å². The van der Waals surface area contributed by atoms with E-state index in [0.717, 1.165) is 24.2 Å². The van der Waals surface area contributed by atoms with Crippen LogP contribution < -0.4 is 4.90 Å². The van der Waals surface area contributed by atoms with E-state index in [0.29, 0.717) is 19.1 Å². The molecule has 2 aromatic rings. The van der Waals surface area contributed by atoms with Crippen LogP contribution in [0.5, 0.6) is 0 Å². The number of nitrogens with zero attached hydrogens (tertiary/aromatic N) is 3. The number of hydrogen-bond acceptors (Lipinski definition) is 3. The fraction of sp³-hybridized carbons (Fsp3) is 0.474. The van der Waals surface area contributed by atoms with Gasteiger partial charge < -0.3 is 4.74 Å². The molecule has 5 nitrogen and oxygen atoms in total. The second-order valence-corrected chi connectivity index (χ2v) is 6.84. The van der Waals surface area contributed by atoms with Crippen molar-refractivity contribution in [2.75, 3.05) is 11.5 Å². The van der Waals surface area contributed by atoms with Crippen LogP contribution in [0.15, 0.2) is 36.5 Å². The molecule has 0 unspecified atom stereocenters. The quantitative estimate of drug-likeness (QED) is 0.851. The fourth-order valence-corrected chi connectivity index (χ4v) is 4.04. The van der Waals surface area contributed by atoms with Gasteiger partial charge in [-0.15, -0.1) is 0 Å². The Kier molecular flexibility index (Phi) is 3.88. The van der Waals surface area contributed by atoms with Crippen LogP contribution in [-0.2, 0) is 16.0 Å². The minimum absolute atomic E-state index is 0.109. The highest BCUT2D eigenvalue weighted by Gasteiger charge is 2.34. The molecule has 1 aromatic carbocycles. The number of rotatable bonds is 2. The maximum absolute atomic E-state index is 13.1. The maximum Gasteiger partial charge on any atom is 0.231 e. The summed E-state index contributed by atoms with van der Waals surface area (Å²) < 4.78 is 7.87. The van der Waals surface area contributed by atoms with E-state index < -0.39 is 0 Å². The summed E-state index contributed by atoms with van der Waals surface area (Å²) >= 11 is 0. The van der Waals surface area contributed by atoms with Crippen LogP contribution in [0.2, 0.25) is 0 Å². The van der Waals surface area contributed by atoms with Crippen molar-refractivity contribution >= 4 is 11.7 Å². The van der Waals surface area contributed by atoms with E-state index in [1.165, 1.54) is 5.56 Å². The summed E-state index contributed by atoms with van der Waals surface area (Å²) in [6, 6.07) is 10.7. The Morgan fingerprint density at radius 1 is 1.25 bits per heavy atom. The molecule has 0 aliphatic carbocycles. The van der Waals surface area contributed by atoms with E-state index in [1.54, 1.807) is 6.20 Å². The van der Waals surface area contributed by atoms with E-state index in [9.17, 15) is 4.79 Å².